The molecule has 8 nitrogen and oxygen atoms in total. The van der Waals surface area contributed by atoms with Crippen molar-refractivity contribution in [3.8, 4) is 0 Å². The molecule has 0 aromatic heterocycles. The monoisotopic (exact) mass is 463 g/mol. The highest BCUT2D eigenvalue weighted by Gasteiger charge is 2.60. The number of aryl methyl sites for hydroxylation is 1. The van der Waals surface area contributed by atoms with E-state index in [0.29, 0.717) is 16.4 Å². The van der Waals surface area contributed by atoms with Gasteiger partial charge in [-0.1, -0.05) is 47.5 Å². The molecule has 33 heavy (non-hydrogen) atoms. The third-order valence-corrected chi connectivity index (χ3v) is 6.17. The Bertz CT molecular complexity index is 1260. The number of hydroxylamine groups is 1. The van der Waals surface area contributed by atoms with Crippen LogP contribution in [-0.4, -0.2) is 22.8 Å². The molecule has 0 N–H and O–H groups in total. The molecule has 2 fully saturated rings. The number of nitrogens with zero attached hydrogens (tertiary/aromatic N) is 3. The van der Waals surface area contributed by atoms with Crippen LogP contribution in [0.5, 0.6) is 0 Å². The molecule has 2 heterocycles. The van der Waals surface area contributed by atoms with Gasteiger partial charge in [0.25, 0.3) is 11.6 Å². The Labute approximate surface area is 194 Å². The van der Waals surface area contributed by atoms with Gasteiger partial charge in [-0.15, -0.1) is 0 Å². The molecule has 0 unspecified atom stereocenters. The van der Waals surface area contributed by atoms with Crippen LogP contribution in [0.3, 0.4) is 0 Å². The van der Waals surface area contributed by atoms with Crippen LogP contribution in [0.1, 0.15) is 17.2 Å². The number of hydrogen-bond donors (Lipinski definition) is 0. The Balaban J connectivity index is 1.59. The van der Waals surface area contributed by atoms with Crippen molar-refractivity contribution in [1.29, 1.82) is 0 Å². The number of rotatable bonds is 4. The molecule has 2 aliphatic rings. The summed E-state index contributed by atoms with van der Waals surface area (Å²) in [5.74, 6) is -1.71. The number of amides is 2. The van der Waals surface area contributed by atoms with Crippen LogP contribution in [-0.2, 0) is 14.4 Å². The molecule has 5 rings (SSSR count). The van der Waals surface area contributed by atoms with E-state index >= 15 is 0 Å². The van der Waals surface area contributed by atoms with Gasteiger partial charge in [0.15, 0.2) is 6.10 Å². The highest BCUT2D eigenvalue weighted by atomic mass is 35.5. The summed E-state index contributed by atoms with van der Waals surface area (Å²) < 4.78 is 0. The summed E-state index contributed by atoms with van der Waals surface area (Å²) >= 11 is 5.96. The van der Waals surface area contributed by atoms with E-state index in [2.05, 4.69) is 0 Å². The Hall–Kier alpha value is -3.75. The van der Waals surface area contributed by atoms with E-state index in [1.807, 2.05) is 31.2 Å². The van der Waals surface area contributed by atoms with Gasteiger partial charge >= 0.3 is 0 Å². The lowest BCUT2D eigenvalue weighted by Gasteiger charge is -2.28. The number of benzene rings is 3. The SMILES string of the molecule is Cc1ccc([C@H]2[C@H]3C(=O)N(c4ccc(Cl)cc4)C(=O)[C@@H]3ON2c2cccc([N+](=O)[O-])c2)cc1. The second-order valence-corrected chi connectivity index (χ2v) is 8.43. The molecule has 9 heteroatoms. The highest BCUT2D eigenvalue weighted by molar-refractivity contribution is 6.31. The fourth-order valence-corrected chi connectivity index (χ4v) is 4.46. The van der Waals surface area contributed by atoms with Crippen molar-refractivity contribution in [3.63, 3.8) is 0 Å². The molecule has 0 radical (unpaired) electrons. The van der Waals surface area contributed by atoms with Gasteiger partial charge in [0, 0.05) is 17.2 Å². The number of hydrogen-bond acceptors (Lipinski definition) is 6. The average molecular weight is 464 g/mol. The highest BCUT2D eigenvalue weighted by Crippen LogP contribution is 2.48. The summed E-state index contributed by atoms with van der Waals surface area (Å²) in [5.41, 5.74) is 2.49. The van der Waals surface area contributed by atoms with E-state index in [1.165, 1.54) is 17.2 Å². The van der Waals surface area contributed by atoms with Crippen molar-refractivity contribution < 1.29 is 19.3 Å². The van der Waals surface area contributed by atoms with Gasteiger partial charge in [-0.3, -0.25) is 24.5 Å². The summed E-state index contributed by atoms with van der Waals surface area (Å²) in [4.78, 5) is 44.8. The number of imide groups is 1. The summed E-state index contributed by atoms with van der Waals surface area (Å²) in [5, 5.41) is 13.2. The maximum Gasteiger partial charge on any atom is 0.271 e. The lowest BCUT2D eigenvalue weighted by molar-refractivity contribution is -0.384. The third-order valence-electron chi connectivity index (χ3n) is 5.91. The maximum atomic E-state index is 13.5. The summed E-state index contributed by atoms with van der Waals surface area (Å²) in [6.07, 6.45) is -1.06. The molecular formula is C24H18ClN3O5. The van der Waals surface area contributed by atoms with E-state index in [-0.39, 0.29) is 5.69 Å². The molecule has 0 bridgehead atoms. The molecular weight excluding hydrogens is 446 g/mol. The van der Waals surface area contributed by atoms with Crippen LogP contribution in [0.2, 0.25) is 5.02 Å². The maximum absolute atomic E-state index is 13.5. The van der Waals surface area contributed by atoms with Crippen molar-refractivity contribution in [3.05, 3.63) is 99.1 Å². The van der Waals surface area contributed by atoms with Gasteiger partial charge in [0.1, 0.15) is 5.92 Å². The van der Waals surface area contributed by atoms with Gasteiger partial charge < -0.3 is 0 Å². The number of non-ortho nitro benzene ring substituents is 1. The minimum absolute atomic E-state index is 0.115. The number of anilines is 2. The van der Waals surface area contributed by atoms with Crippen LogP contribution >= 0.6 is 11.6 Å². The number of fused-ring (bicyclic) bond motifs is 1. The summed E-state index contributed by atoms with van der Waals surface area (Å²) in [6, 6.07) is 19.3. The predicted molar refractivity (Wildman–Crippen MR) is 122 cm³/mol. The standard InChI is InChI=1S/C24H18ClN3O5/c1-14-5-7-15(8-6-14)21-20-22(33-27(21)18-3-2-4-19(13-18)28(31)32)24(30)26(23(20)29)17-11-9-16(25)10-12-17/h2-13,20-22H,1H3/t20-,21+,22-/m1/s1. The third kappa shape index (κ3) is 3.53. The molecule has 3 aromatic carbocycles. The Kier molecular flexibility index (Phi) is 5.11. The molecule has 0 aliphatic carbocycles. The molecule has 3 atom stereocenters. The topological polar surface area (TPSA) is 93.0 Å². The Morgan fingerprint density at radius 2 is 1.64 bits per heavy atom. The molecule has 0 saturated carbocycles. The van der Waals surface area contributed by atoms with Gasteiger partial charge in [0.2, 0.25) is 5.91 Å². The molecule has 3 aromatic rings. The van der Waals surface area contributed by atoms with Crippen molar-refractivity contribution in [1.82, 2.24) is 0 Å². The van der Waals surface area contributed by atoms with Crippen molar-refractivity contribution in [2.45, 2.75) is 19.1 Å². The van der Waals surface area contributed by atoms with E-state index in [1.54, 1.807) is 36.4 Å². The van der Waals surface area contributed by atoms with Crippen LogP contribution in [0.15, 0.2) is 72.8 Å². The van der Waals surface area contributed by atoms with Crippen molar-refractivity contribution >= 4 is 40.5 Å². The van der Waals surface area contributed by atoms with E-state index in [9.17, 15) is 19.7 Å². The van der Waals surface area contributed by atoms with E-state index in [4.69, 9.17) is 16.4 Å². The quantitative estimate of drug-likeness (QED) is 0.319. The van der Waals surface area contributed by atoms with Gasteiger partial charge in [-0.25, -0.2) is 9.96 Å². The van der Waals surface area contributed by atoms with Gasteiger partial charge in [-0.2, -0.15) is 0 Å². The lowest BCUT2D eigenvalue weighted by Crippen LogP contribution is -2.37. The first-order chi connectivity index (χ1) is 15.8. The normalized spacial score (nSPS) is 22.1. The van der Waals surface area contributed by atoms with Crippen molar-refractivity contribution in [2.24, 2.45) is 5.92 Å². The van der Waals surface area contributed by atoms with Crippen LogP contribution in [0, 0.1) is 23.0 Å². The second-order valence-electron chi connectivity index (χ2n) is 8.00. The molecule has 2 aliphatic heterocycles. The zero-order valence-electron chi connectivity index (χ0n) is 17.4. The smallest absolute Gasteiger partial charge is 0.271 e. The molecule has 2 amide bonds. The number of carbonyl (C=O) groups is 2. The number of nitro groups is 1. The van der Waals surface area contributed by atoms with Crippen LogP contribution in [0.25, 0.3) is 0 Å². The minimum atomic E-state index is -1.06. The number of carbonyl (C=O) groups excluding carboxylic acids is 2. The first kappa shape index (κ1) is 21.1. The van der Waals surface area contributed by atoms with Gasteiger partial charge in [0.05, 0.1) is 22.3 Å². The first-order valence-corrected chi connectivity index (χ1v) is 10.6. The van der Waals surface area contributed by atoms with Crippen LogP contribution < -0.4 is 9.96 Å². The summed E-state index contributed by atoms with van der Waals surface area (Å²) in [6.45, 7) is 1.95. The zero-order chi connectivity index (χ0) is 23.3. The number of halogens is 1. The first-order valence-electron chi connectivity index (χ1n) is 10.3. The largest absolute Gasteiger partial charge is 0.273 e. The predicted octanol–water partition coefficient (Wildman–Crippen LogP) is 4.61. The summed E-state index contributed by atoms with van der Waals surface area (Å²) in [7, 11) is 0. The van der Waals surface area contributed by atoms with Crippen molar-refractivity contribution in [2.75, 3.05) is 9.96 Å². The molecule has 0 spiro atoms. The second kappa shape index (κ2) is 7.99. The zero-order valence-corrected chi connectivity index (χ0v) is 18.2. The fraction of sp³-hybridized carbons (Fsp3) is 0.167. The fourth-order valence-electron chi connectivity index (χ4n) is 4.33. The molecule has 2 saturated heterocycles. The Morgan fingerprint density at radius 1 is 0.939 bits per heavy atom. The molecule has 166 valence electrons. The van der Waals surface area contributed by atoms with Gasteiger partial charge in [-0.05, 0) is 42.8 Å². The minimum Gasteiger partial charge on any atom is -0.273 e. The van der Waals surface area contributed by atoms with E-state index < -0.39 is 34.8 Å². The lowest BCUT2D eigenvalue weighted by atomic mass is 9.90. The Morgan fingerprint density at radius 3 is 2.30 bits per heavy atom. The average Bonchev–Trinajstić information content (AvgIpc) is 3.31. The van der Waals surface area contributed by atoms with E-state index in [0.717, 1.165) is 16.0 Å². The number of nitro benzene ring substituents is 1. The van der Waals surface area contributed by atoms with Crippen LogP contribution in [0.4, 0.5) is 17.1 Å².